The van der Waals surface area contributed by atoms with Crippen molar-refractivity contribution in [1.29, 1.82) is 0 Å². The highest BCUT2D eigenvalue weighted by atomic mass is 16.5. The fourth-order valence-corrected chi connectivity index (χ4v) is 7.61. The third kappa shape index (κ3) is 4.85. The van der Waals surface area contributed by atoms with Crippen molar-refractivity contribution in [3.8, 4) is 11.5 Å². The van der Waals surface area contributed by atoms with E-state index >= 15 is 0 Å². The van der Waals surface area contributed by atoms with Crippen LogP contribution in [0.4, 0.5) is 0 Å². The van der Waals surface area contributed by atoms with E-state index < -0.39 is 5.97 Å². The number of carbonyl (C=O) groups is 1. The van der Waals surface area contributed by atoms with Gasteiger partial charge in [0.1, 0.15) is 23.2 Å². The first kappa shape index (κ1) is 26.8. The number of hydrogen-bond acceptors (Lipinski definition) is 4. The number of allylic oxidation sites excluding steroid dienone is 3. The number of aromatic hydroxyl groups is 2. The van der Waals surface area contributed by atoms with Crippen LogP contribution in [-0.4, -0.2) is 22.3 Å². The molecule has 2 bridgehead atoms. The monoisotopic (exact) mass is 494 g/mol. The molecular weight excluding hydrogens is 448 g/mol. The van der Waals surface area contributed by atoms with Gasteiger partial charge in [-0.3, -0.25) is 0 Å². The fourth-order valence-electron chi connectivity index (χ4n) is 7.61. The van der Waals surface area contributed by atoms with E-state index in [0.29, 0.717) is 23.5 Å². The van der Waals surface area contributed by atoms with Crippen LogP contribution in [0.5, 0.6) is 11.5 Å². The second kappa shape index (κ2) is 9.91. The number of phenolic OH excluding ortho intramolecular Hbond substituents is 2. The number of carbonyl (C=O) groups excluding carboxylic acids is 1. The number of benzene rings is 1. The molecule has 1 aromatic carbocycles. The van der Waals surface area contributed by atoms with Crippen LogP contribution in [0.3, 0.4) is 0 Å². The highest BCUT2D eigenvalue weighted by Crippen LogP contribution is 2.63. The van der Waals surface area contributed by atoms with Gasteiger partial charge in [0, 0.05) is 16.9 Å². The first-order chi connectivity index (χ1) is 16.9. The Morgan fingerprint density at radius 1 is 1.22 bits per heavy atom. The zero-order chi connectivity index (χ0) is 26.4. The van der Waals surface area contributed by atoms with Crippen LogP contribution in [0.2, 0.25) is 0 Å². The van der Waals surface area contributed by atoms with Crippen LogP contribution in [-0.2, 0) is 11.2 Å². The van der Waals surface area contributed by atoms with Gasteiger partial charge in [-0.2, -0.15) is 0 Å². The molecule has 0 heterocycles. The molecule has 3 aliphatic carbocycles. The summed E-state index contributed by atoms with van der Waals surface area (Å²) in [5, 5.41) is 22.8. The molecule has 5 unspecified atom stereocenters. The summed E-state index contributed by atoms with van der Waals surface area (Å²) in [4.78, 5) is 13.8. The van der Waals surface area contributed by atoms with Gasteiger partial charge >= 0.3 is 5.97 Å². The van der Waals surface area contributed by atoms with Crippen molar-refractivity contribution >= 4 is 5.97 Å². The van der Waals surface area contributed by atoms with Gasteiger partial charge in [-0.1, -0.05) is 64.3 Å². The molecule has 2 saturated carbocycles. The molecule has 4 rings (SSSR count). The second-order valence-corrected chi connectivity index (χ2v) is 13.0. The molecule has 1 aromatic rings. The van der Waals surface area contributed by atoms with Crippen molar-refractivity contribution in [3.63, 3.8) is 0 Å². The number of aryl methyl sites for hydroxylation is 1. The molecule has 0 amide bonds. The van der Waals surface area contributed by atoms with Crippen molar-refractivity contribution in [2.45, 2.75) is 111 Å². The van der Waals surface area contributed by atoms with Gasteiger partial charge in [-0.05, 0) is 87.7 Å². The lowest BCUT2D eigenvalue weighted by Gasteiger charge is -2.38. The summed E-state index contributed by atoms with van der Waals surface area (Å²) in [7, 11) is 0. The van der Waals surface area contributed by atoms with Crippen LogP contribution < -0.4 is 0 Å². The van der Waals surface area contributed by atoms with E-state index in [0.717, 1.165) is 56.9 Å². The van der Waals surface area contributed by atoms with E-state index in [4.69, 9.17) is 4.74 Å². The number of esters is 1. The van der Waals surface area contributed by atoms with Gasteiger partial charge in [-0.15, -0.1) is 0 Å². The standard InChI is InChI=1S/C32H46O4/c1-8-9-10-11-21-15-25(33)28(24-14-20(4)12-13-23(24)19(2)3)29(34)27(21)30(35)36-26-16-22-17-32(26,7)18-31(22,5)6/h14-15,22-24,26,33-34H,2,8-13,16-18H2,1,3-7H3. The first-order valence-corrected chi connectivity index (χ1v) is 14.0. The molecular formula is C32H46O4. The highest BCUT2D eigenvalue weighted by Gasteiger charge is 2.58. The zero-order valence-corrected chi connectivity index (χ0v) is 23.2. The van der Waals surface area contributed by atoms with Gasteiger partial charge in [0.25, 0.3) is 0 Å². The molecule has 0 radical (unpaired) electrons. The molecule has 0 aromatic heterocycles. The summed E-state index contributed by atoms with van der Waals surface area (Å²) in [5.74, 6) is -0.0470. The molecule has 5 atom stereocenters. The Kier molecular flexibility index (Phi) is 7.38. The molecule has 198 valence electrons. The lowest BCUT2D eigenvalue weighted by molar-refractivity contribution is -0.0224. The van der Waals surface area contributed by atoms with Gasteiger partial charge in [-0.25, -0.2) is 4.79 Å². The van der Waals surface area contributed by atoms with Crippen molar-refractivity contribution in [3.05, 3.63) is 46.6 Å². The van der Waals surface area contributed by atoms with Crippen molar-refractivity contribution in [1.82, 2.24) is 0 Å². The maximum absolute atomic E-state index is 13.8. The minimum Gasteiger partial charge on any atom is -0.507 e. The Balaban J connectivity index is 1.73. The van der Waals surface area contributed by atoms with E-state index in [1.807, 2.05) is 6.92 Å². The number of fused-ring (bicyclic) bond motifs is 2. The van der Waals surface area contributed by atoms with Crippen LogP contribution in [0, 0.1) is 22.7 Å². The fraction of sp³-hybridized carbons (Fsp3) is 0.656. The lowest BCUT2D eigenvalue weighted by atomic mass is 9.71. The maximum atomic E-state index is 13.8. The van der Waals surface area contributed by atoms with Crippen LogP contribution in [0.1, 0.15) is 120 Å². The third-order valence-corrected chi connectivity index (χ3v) is 9.57. The smallest absolute Gasteiger partial charge is 0.342 e. The van der Waals surface area contributed by atoms with Gasteiger partial charge in [0.05, 0.1) is 0 Å². The van der Waals surface area contributed by atoms with Crippen molar-refractivity contribution in [2.24, 2.45) is 22.7 Å². The number of rotatable bonds is 8. The SMILES string of the molecule is C=C(C)C1CCC(C)=CC1c1c(O)cc(CCCCC)c(C(=O)OC2CC3CC2(C)CC3(C)C)c1O. The molecule has 2 N–H and O–H groups in total. The summed E-state index contributed by atoms with van der Waals surface area (Å²) in [6, 6.07) is 1.71. The van der Waals surface area contributed by atoms with Crippen molar-refractivity contribution < 1.29 is 19.7 Å². The van der Waals surface area contributed by atoms with Crippen LogP contribution >= 0.6 is 0 Å². The first-order valence-electron chi connectivity index (χ1n) is 14.0. The third-order valence-electron chi connectivity index (χ3n) is 9.57. The van der Waals surface area contributed by atoms with E-state index in [2.05, 4.69) is 47.3 Å². The Bertz CT molecular complexity index is 1060. The average molecular weight is 495 g/mol. The minimum atomic E-state index is -0.444. The Morgan fingerprint density at radius 3 is 2.53 bits per heavy atom. The second-order valence-electron chi connectivity index (χ2n) is 13.0. The molecule has 0 saturated heterocycles. The topological polar surface area (TPSA) is 66.8 Å². The normalized spacial score (nSPS) is 30.8. The molecule has 3 aliphatic rings. The molecule has 4 heteroatoms. The Hall–Kier alpha value is -2.23. The van der Waals surface area contributed by atoms with E-state index in [1.165, 1.54) is 5.57 Å². The summed E-state index contributed by atoms with van der Waals surface area (Å²) in [6.07, 6.45) is 10.5. The number of ether oxygens (including phenoxy) is 1. The predicted octanol–water partition coefficient (Wildman–Crippen LogP) is 8.22. The van der Waals surface area contributed by atoms with Crippen molar-refractivity contribution in [2.75, 3.05) is 0 Å². The molecule has 2 fully saturated rings. The maximum Gasteiger partial charge on any atom is 0.342 e. The number of hydrogen-bond donors (Lipinski definition) is 2. The number of unbranched alkanes of at least 4 members (excludes halogenated alkanes) is 2. The summed E-state index contributed by atoms with van der Waals surface area (Å²) in [6.45, 7) is 17.3. The average Bonchev–Trinajstić information content (AvgIpc) is 3.21. The molecule has 0 aliphatic heterocycles. The van der Waals surface area contributed by atoms with E-state index in [1.54, 1.807) is 6.07 Å². The highest BCUT2D eigenvalue weighted by molar-refractivity contribution is 5.95. The quantitative estimate of drug-likeness (QED) is 0.217. The Morgan fingerprint density at radius 2 is 1.94 bits per heavy atom. The van der Waals surface area contributed by atoms with Crippen LogP contribution in [0.15, 0.2) is 29.9 Å². The summed E-state index contributed by atoms with van der Waals surface area (Å²) >= 11 is 0. The lowest BCUT2D eigenvalue weighted by Crippen LogP contribution is -2.37. The summed E-state index contributed by atoms with van der Waals surface area (Å²) in [5.41, 5.74) is 3.88. The minimum absolute atomic E-state index is 0.0180. The summed E-state index contributed by atoms with van der Waals surface area (Å²) < 4.78 is 6.22. The van der Waals surface area contributed by atoms with Gasteiger partial charge in [0.2, 0.25) is 0 Å². The van der Waals surface area contributed by atoms with E-state index in [-0.39, 0.29) is 45.8 Å². The van der Waals surface area contributed by atoms with E-state index in [9.17, 15) is 15.0 Å². The largest absolute Gasteiger partial charge is 0.507 e. The van der Waals surface area contributed by atoms with Gasteiger partial charge in [0.15, 0.2) is 0 Å². The predicted molar refractivity (Wildman–Crippen MR) is 145 cm³/mol. The number of phenols is 2. The molecule has 0 spiro atoms. The van der Waals surface area contributed by atoms with Gasteiger partial charge < -0.3 is 14.9 Å². The van der Waals surface area contributed by atoms with Crippen LogP contribution in [0.25, 0.3) is 0 Å². The molecule has 4 nitrogen and oxygen atoms in total. The Labute approximate surface area is 217 Å². The zero-order valence-electron chi connectivity index (χ0n) is 23.2. The molecule has 36 heavy (non-hydrogen) atoms.